The largest absolute Gasteiger partial charge is 0.504 e. The Labute approximate surface area is 148 Å². The molecule has 1 heterocycles. The summed E-state index contributed by atoms with van der Waals surface area (Å²) in [5, 5.41) is 14.1. The highest BCUT2D eigenvalue weighted by Crippen LogP contribution is 2.41. The van der Waals surface area contributed by atoms with Gasteiger partial charge in [0.15, 0.2) is 11.5 Å². The van der Waals surface area contributed by atoms with Gasteiger partial charge in [0, 0.05) is 17.3 Å². The standard InChI is InChI=1S/C20H24N2O3/c1-4-13(3)22-19(15-10-8-12-17(18(15)23)25-5-2)21-16-11-7-6-9-14(16)20(22)24/h6-13,19,21,23H,4-5H2,1-3H3/t13-,19-/m1/s1. The first kappa shape index (κ1) is 17.1. The Balaban J connectivity index is 2.10. The van der Waals surface area contributed by atoms with Gasteiger partial charge in [0.1, 0.15) is 6.17 Å². The van der Waals surface area contributed by atoms with Crippen molar-refractivity contribution in [1.82, 2.24) is 4.90 Å². The Hall–Kier alpha value is -2.69. The van der Waals surface area contributed by atoms with E-state index in [1.807, 2.05) is 57.2 Å². The molecule has 0 fully saturated rings. The second kappa shape index (κ2) is 7.05. The van der Waals surface area contributed by atoms with Crippen LogP contribution >= 0.6 is 0 Å². The zero-order valence-corrected chi connectivity index (χ0v) is 14.8. The highest BCUT2D eigenvalue weighted by molar-refractivity contribution is 6.02. The van der Waals surface area contributed by atoms with Crippen LogP contribution in [0, 0.1) is 0 Å². The summed E-state index contributed by atoms with van der Waals surface area (Å²) in [6, 6.07) is 12.9. The van der Waals surface area contributed by atoms with Gasteiger partial charge in [-0.2, -0.15) is 0 Å². The maximum Gasteiger partial charge on any atom is 0.258 e. The van der Waals surface area contributed by atoms with E-state index in [9.17, 15) is 9.90 Å². The van der Waals surface area contributed by atoms with Crippen LogP contribution in [0.1, 0.15) is 49.3 Å². The molecule has 2 N–H and O–H groups in total. The minimum Gasteiger partial charge on any atom is -0.504 e. The number of anilines is 1. The fourth-order valence-corrected chi connectivity index (χ4v) is 3.18. The molecule has 0 saturated carbocycles. The predicted octanol–water partition coefficient (Wildman–Crippen LogP) is 4.16. The van der Waals surface area contributed by atoms with E-state index in [0.29, 0.717) is 23.5 Å². The van der Waals surface area contributed by atoms with Crippen LogP contribution in [0.25, 0.3) is 0 Å². The molecule has 132 valence electrons. The number of aromatic hydroxyl groups is 1. The van der Waals surface area contributed by atoms with E-state index < -0.39 is 6.17 Å². The normalized spacial score (nSPS) is 17.6. The van der Waals surface area contributed by atoms with Gasteiger partial charge >= 0.3 is 0 Å². The molecule has 0 aliphatic carbocycles. The summed E-state index contributed by atoms with van der Waals surface area (Å²) in [7, 11) is 0. The van der Waals surface area contributed by atoms with Crippen LogP contribution in [0.15, 0.2) is 42.5 Å². The fraction of sp³-hybridized carbons (Fsp3) is 0.350. The van der Waals surface area contributed by atoms with E-state index in [1.165, 1.54) is 0 Å². The highest BCUT2D eigenvalue weighted by Gasteiger charge is 2.36. The molecular formula is C20H24N2O3. The number of rotatable bonds is 5. The van der Waals surface area contributed by atoms with Gasteiger partial charge in [-0.3, -0.25) is 4.79 Å². The van der Waals surface area contributed by atoms with E-state index in [0.717, 1.165) is 12.1 Å². The second-order valence-electron chi connectivity index (χ2n) is 6.19. The number of amides is 1. The number of carbonyl (C=O) groups is 1. The molecule has 3 rings (SSSR count). The van der Waals surface area contributed by atoms with Crippen molar-refractivity contribution in [1.29, 1.82) is 0 Å². The summed E-state index contributed by atoms with van der Waals surface area (Å²) in [6.07, 6.45) is 0.371. The average Bonchev–Trinajstić information content (AvgIpc) is 2.63. The van der Waals surface area contributed by atoms with E-state index in [2.05, 4.69) is 5.32 Å². The van der Waals surface area contributed by atoms with Gasteiger partial charge in [-0.05, 0) is 38.5 Å². The van der Waals surface area contributed by atoms with E-state index >= 15 is 0 Å². The molecule has 5 heteroatoms. The maximum absolute atomic E-state index is 13.1. The third-order valence-corrected chi connectivity index (χ3v) is 4.65. The summed E-state index contributed by atoms with van der Waals surface area (Å²) >= 11 is 0. The lowest BCUT2D eigenvalue weighted by molar-refractivity contribution is 0.0591. The van der Waals surface area contributed by atoms with Crippen LogP contribution in [0.3, 0.4) is 0 Å². The van der Waals surface area contributed by atoms with E-state index in [1.54, 1.807) is 11.0 Å². The van der Waals surface area contributed by atoms with Crippen molar-refractivity contribution in [2.24, 2.45) is 0 Å². The SMILES string of the molecule is CCOc1cccc([C@@H]2Nc3ccccc3C(=O)N2[C@H](C)CC)c1O. The molecule has 0 aromatic heterocycles. The summed E-state index contributed by atoms with van der Waals surface area (Å²) in [5.41, 5.74) is 2.06. The molecule has 25 heavy (non-hydrogen) atoms. The highest BCUT2D eigenvalue weighted by atomic mass is 16.5. The summed E-state index contributed by atoms with van der Waals surface area (Å²) in [6.45, 7) is 6.40. The lowest BCUT2D eigenvalue weighted by Crippen LogP contribution is -2.47. The molecule has 0 saturated heterocycles. The third kappa shape index (κ3) is 3.02. The molecule has 2 aromatic carbocycles. The number of carbonyl (C=O) groups excluding carboxylic acids is 1. The molecule has 0 radical (unpaired) electrons. The Bertz CT molecular complexity index is 775. The Morgan fingerprint density at radius 3 is 2.68 bits per heavy atom. The molecule has 1 aliphatic rings. The third-order valence-electron chi connectivity index (χ3n) is 4.65. The molecular weight excluding hydrogens is 316 g/mol. The monoisotopic (exact) mass is 340 g/mol. The van der Waals surface area contributed by atoms with E-state index in [4.69, 9.17) is 4.74 Å². The van der Waals surface area contributed by atoms with Gasteiger partial charge in [0.25, 0.3) is 5.91 Å². The average molecular weight is 340 g/mol. The summed E-state index contributed by atoms with van der Waals surface area (Å²) < 4.78 is 5.51. The second-order valence-corrected chi connectivity index (χ2v) is 6.19. The van der Waals surface area contributed by atoms with Crippen LogP contribution in [0.2, 0.25) is 0 Å². The van der Waals surface area contributed by atoms with Crippen LogP contribution < -0.4 is 10.1 Å². The van der Waals surface area contributed by atoms with Crippen molar-refractivity contribution in [3.05, 3.63) is 53.6 Å². The molecule has 0 spiro atoms. The minimum absolute atomic E-state index is 0.0218. The zero-order valence-electron chi connectivity index (χ0n) is 14.8. The molecule has 2 aromatic rings. The van der Waals surface area contributed by atoms with E-state index in [-0.39, 0.29) is 17.7 Å². The first-order valence-corrected chi connectivity index (χ1v) is 8.71. The number of hydrogen-bond acceptors (Lipinski definition) is 4. The van der Waals surface area contributed by atoms with Crippen molar-refractivity contribution in [3.63, 3.8) is 0 Å². The minimum atomic E-state index is -0.447. The molecule has 2 atom stereocenters. The van der Waals surface area contributed by atoms with Gasteiger partial charge in [0.05, 0.1) is 12.2 Å². The van der Waals surface area contributed by atoms with Gasteiger partial charge in [-0.15, -0.1) is 0 Å². The van der Waals surface area contributed by atoms with Crippen LogP contribution in [-0.4, -0.2) is 28.6 Å². The first-order valence-electron chi connectivity index (χ1n) is 8.71. The summed E-state index contributed by atoms with van der Waals surface area (Å²) in [4.78, 5) is 14.9. The molecule has 1 aliphatic heterocycles. The number of nitrogens with one attached hydrogen (secondary N) is 1. The number of hydrogen-bond donors (Lipinski definition) is 2. The van der Waals surface area contributed by atoms with Crippen LogP contribution in [0.5, 0.6) is 11.5 Å². The lowest BCUT2D eigenvalue weighted by Gasteiger charge is -2.41. The fourth-order valence-electron chi connectivity index (χ4n) is 3.18. The number of phenols is 1. The number of ether oxygens (including phenoxy) is 1. The molecule has 1 amide bonds. The van der Waals surface area contributed by atoms with Crippen molar-refractivity contribution >= 4 is 11.6 Å². The lowest BCUT2D eigenvalue weighted by atomic mass is 10.00. The van der Waals surface area contributed by atoms with Crippen molar-refractivity contribution in [2.45, 2.75) is 39.4 Å². The number of benzene rings is 2. The molecule has 0 bridgehead atoms. The first-order chi connectivity index (χ1) is 12.1. The Kier molecular flexibility index (Phi) is 4.83. The van der Waals surface area contributed by atoms with Crippen LogP contribution in [0.4, 0.5) is 5.69 Å². The van der Waals surface area contributed by atoms with Crippen molar-refractivity contribution in [3.8, 4) is 11.5 Å². The zero-order chi connectivity index (χ0) is 18.0. The van der Waals surface area contributed by atoms with Crippen LogP contribution in [-0.2, 0) is 0 Å². The Morgan fingerprint density at radius 2 is 1.96 bits per heavy atom. The number of nitrogens with zero attached hydrogens (tertiary/aromatic N) is 1. The van der Waals surface area contributed by atoms with Gasteiger partial charge in [-0.25, -0.2) is 0 Å². The van der Waals surface area contributed by atoms with Gasteiger partial charge in [-0.1, -0.05) is 31.2 Å². The maximum atomic E-state index is 13.1. The van der Waals surface area contributed by atoms with Gasteiger partial charge < -0.3 is 20.1 Å². The smallest absolute Gasteiger partial charge is 0.258 e. The number of para-hydroxylation sites is 2. The Morgan fingerprint density at radius 1 is 1.20 bits per heavy atom. The molecule has 5 nitrogen and oxygen atoms in total. The van der Waals surface area contributed by atoms with Gasteiger partial charge in [0.2, 0.25) is 0 Å². The van der Waals surface area contributed by atoms with Crippen molar-refractivity contribution in [2.75, 3.05) is 11.9 Å². The van der Waals surface area contributed by atoms with Crippen molar-refractivity contribution < 1.29 is 14.6 Å². The number of phenolic OH excluding ortho intramolecular Hbond substituents is 1. The number of fused-ring (bicyclic) bond motifs is 1. The molecule has 0 unspecified atom stereocenters. The topological polar surface area (TPSA) is 61.8 Å². The quantitative estimate of drug-likeness (QED) is 0.858. The predicted molar refractivity (Wildman–Crippen MR) is 98.0 cm³/mol. The summed E-state index contributed by atoms with van der Waals surface area (Å²) in [5.74, 6) is 0.467.